The van der Waals surface area contributed by atoms with Crippen LogP contribution in [0.15, 0.2) is 6.20 Å². The maximum absolute atomic E-state index is 12.2. The first kappa shape index (κ1) is 20.8. The van der Waals surface area contributed by atoms with Crippen LogP contribution in [-0.4, -0.2) is 51.8 Å². The van der Waals surface area contributed by atoms with E-state index in [2.05, 4.69) is 20.3 Å². The molecule has 2 heterocycles. The highest BCUT2D eigenvalue weighted by Gasteiger charge is 2.41. The van der Waals surface area contributed by atoms with Crippen molar-refractivity contribution in [1.29, 1.82) is 0 Å². The second kappa shape index (κ2) is 7.86. The maximum Gasteiger partial charge on any atom is 0.522 e. The summed E-state index contributed by atoms with van der Waals surface area (Å²) in [5, 5.41) is 11.3. The number of ether oxygens (including phenoxy) is 3. The molecule has 8 nitrogen and oxygen atoms in total. The van der Waals surface area contributed by atoms with E-state index in [4.69, 9.17) is 9.47 Å². The molecule has 2 aliphatic rings. The first-order valence-corrected chi connectivity index (χ1v) is 9.26. The van der Waals surface area contributed by atoms with Gasteiger partial charge < -0.3 is 14.8 Å². The molecule has 2 fully saturated rings. The highest BCUT2D eigenvalue weighted by molar-refractivity contribution is 5.68. The number of hydrogen-bond donors (Lipinski definition) is 1. The Morgan fingerprint density at radius 3 is 2.57 bits per heavy atom. The Morgan fingerprint density at radius 1 is 1.29 bits per heavy atom. The molecule has 1 aromatic heterocycles. The van der Waals surface area contributed by atoms with Crippen molar-refractivity contribution in [1.82, 2.24) is 20.3 Å². The van der Waals surface area contributed by atoms with Crippen molar-refractivity contribution < 1.29 is 32.2 Å². The van der Waals surface area contributed by atoms with Gasteiger partial charge in [0.05, 0.1) is 31.0 Å². The lowest BCUT2D eigenvalue weighted by atomic mass is 9.90. The quantitative estimate of drug-likeness (QED) is 0.826. The Kier molecular flexibility index (Phi) is 5.85. The van der Waals surface area contributed by atoms with Gasteiger partial charge in [-0.05, 0) is 46.5 Å². The van der Waals surface area contributed by atoms with Gasteiger partial charge in [-0.25, -0.2) is 4.79 Å². The number of nitrogens with one attached hydrogen (secondary N) is 1. The van der Waals surface area contributed by atoms with Crippen LogP contribution in [0.3, 0.4) is 0 Å². The number of carbonyl (C=O) groups is 1. The Hall–Kier alpha value is -1.88. The summed E-state index contributed by atoms with van der Waals surface area (Å²) in [6, 6.07) is -0.348. The summed E-state index contributed by atoms with van der Waals surface area (Å²) in [5.74, 6) is 0. The van der Waals surface area contributed by atoms with E-state index in [1.807, 2.05) is 0 Å². The summed E-state index contributed by atoms with van der Waals surface area (Å²) in [6.07, 6.45) is -2.83. The number of amides is 1. The van der Waals surface area contributed by atoms with Crippen molar-refractivity contribution in [2.45, 2.75) is 82.7 Å². The maximum atomic E-state index is 12.2. The van der Waals surface area contributed by atoms with Gasteiger partial charge in [0, 0.05) is 0 Å². The molecule has 0 radical (unpaired) electrons. The van der Waals surface area contributed by atoms with Crippen LogP contribution in [0, 0.1) is 0 Å². The second-order valence-corrected chi connectivity index (χ2v) is 8.14. The number of halogens is 3. The second-order valence-electron chi connectivity index (χ2n) is 8.14. The van der Waals surface area contributed by atoms with Gasteiger partial charge in [-0.15, -0.1) is 13.2 Å². The van der Waals surface area contributed by atoms with E-state index in [0.717, 1.165) is 0 Å². The van der Waals surface area contributed by atoms with Crippen LogP contribution in [0.25, 0.3) is 0 Å². The van der Waals surface area contributed by atoms with Gasteiger partial charge in [-0.1, -0.05) is 0 Å². The third-order valence-corrected chi connectivity index (χ3v) is 4.55. The summed E-state index contributed by atoms with van der Waals surface area (Å²) in [5.41, 5.74) is 0.0719. The smallest absolute Gasteiger partial charge is 0.444 e. The van der Waals surface area contributed by atoms with Crippen LogP contribution in [0.4, 0.5) is 18.0 Å². The van der Waals surface area contributed by atoms with Gasteiger partial charge in [0.25, 0.3) is 0 Å². The van der Waals surface area contributed by atoms with E-state index < -0.39 is 24.2 Å². The molecule has 3 rings (SSSR count). The molecule has 1 aliphatic carbocycles. The van der Waals surface area contributed by atoms with E-state index in [1.54, 1.807) is 27.0 Å². The molecule has 0 bridgehead atoms. The van der Waals surface area contributed by atoms with Gasteiger partial charge in [0.15, 0.2) is 0 Å². The highest BCUT2D eigenvalue weighted by Crippen LogP contribution is 2.37. The predicted molar refractivity (Wildman–Crippen MR) is 90.3 cm³/mol. The van der Waals surface area contributed by atoms with Crippen LogP contribution in [0.5, 0.6) is 0 Å². The first-order chi connectivity index (χ1) is 13.0. The fourth-order valence-electron chi connectivity index (χ4n) is 3.20. The predicted octanol–water partition coefficient (Wildman–Crippen LogP) is 3.26. The molecule has 1 amide bonds. The van der Waals surface area contributed by atoms with Crippen molar-refractivity contribution in [3.05, 3.63) is 11.9 Å². The van der Waals surface area contributed by atoms with Gasteiger partial charge in [0.1, 0.15) is 17.4 Å². The van der Waals surface area contributed by atoms with Crippen molar-refractivity contribution in [2.75, 3.05) is 6.61 Å². The molecule has 158 valence electrons. The van der Waals surface area contributed by atoms with E-state index in [9.17, 15) is 18.0 Å². The molecule has 1 aliphatic heterocycles. The largest absolute Gasteiger partial charge is 0.522 e. The lowest BCUT2D eigenvalue weighted by Gasteiger charge is -2.34. The Balaban J connectivity index is 1.43. The normalized spacial score (nSPS) is 28.5. The monoisotopic (exact) mass is 406 g/mol. The molecular formula is C17H25F3N4O4. The molecule has 0 aromatic carbocycles. The molecule has 2 atom stereocenters. The van der Waals surface area contributed by atoms with Crippen LogP contribution in [-0.2, 0) is 14.2 Å². The van der Waals surface area contributed by atoms with E-state index in [-0.39, 0.29) is 31.0 Å². The molecule has 1 saturated carbocycles. The first-order valence-electron chi connectivity index (χ1n) is 9.26. The van der Waals surface area contributed by atoms with E-state index in [0.29, 0.717) is 25.1 Å². The lowest BCUT2D eigenvalue weighted by Crippen LogP contribution is -2.43. The van der Waals surface area contributed by atoms with Gasteiger partial charge >= 0.3 is 12.5 Å². The van der Waals surface area contributed by atoms with Gasteiger partial charge in [-0.3, -0.25) is 4.74 Å². The third kappa shape index (κ3) is 5.81. The van der Waals surface area contributed by atoms with Crippen molar-refractivity contribution in [3.63, 3.8) is 0 Å². The SMILES string of the molecule is CC(C)(C)OC(=O)N[C@@H]1CC[C@@H](c2cnn(C3CC(OC(F)(F)F)C3)n2)OC1. The zero-order chi connectivity index (χ0) is 20.5. The van der Waals surface area contributed by atoms with E-state index in [1.165, 1.54) is 4.80 Å². The molecular weight excluding hydrogens is 381 g/mol. The summed E-state index contributed by atoms with van der Waals surface area (Å²) in [6.45, 7) is 5.70. The van der Waals surface area contributed by atoms with Crippen LogP contribution < -0.4 is 5.32 Å². The Bertz CT molecular complexity index is 675. The average molecular weight is 406 g/mol. The zero-order valence-electron chi connectivity index (χ0n) is 16.0. The van der Waals surface area contributed by atoms with Crippen molar-refractivity contribution >= 4 is 6.09 Å². The van der Waals surface area contributed by atoms with Gasteiger partial charge in [0.2, 0.25) is 0 Å². The van der Waals surface area contributed by atoms with Crippen LogP contribution >= 0.6 is 0 Å². The number of nitrogens with zero attached hydrogens (tertiary/aromatic N) is 3. The summed E-state index contributed by atoms with van der Waals surface area (Å²) in [7, 11) is 0. The van der Waals surface area contributed by atoms with Gasteiger partial charge in [-0.2, -0.15) is 15.0 Å². The highest BCUT2D eigenvalue weighted by atomic mass is 19.4. The molecule has 0 unspecified atom stereocenters. The van der Waals surface area contributed by atoms with Crippen LogP contribution in [0.2, 0.25) is 0 Å². The zero-order valence-corrected chi connectivity index (χ0v) is 16.0. The summed E-state index contributed by atoms with van der Waals surface area (Å²) in [4.78, 5) is 13.2. The topological polar surface area (TPSA) is 87.5 Å². The van der Waals surface area contributed by atoms with Crippen LogP contribution in [0.1, 0.15) is 64.3 Å². The molecule has 28 heavy (non-hydrogen) atoms. The lowest BCUT2D eigenvalue weighted by molar-refractivity contribution is -0.353. The molecule has 1 saturated heterocycles. The number of alkyl halides is 3. The van der Waals surface area contributed by atoms with Crippen molar-refractivity contribution in [2.24, 2.45) is 0 Å². The molecule has 1 aromatic rings. The Labute approximate surface area is 160 Å². The number of aromatic nitrogens is 3. The number of alkyl carbamates (subject to hydrolysis) is 1. The summed E-state index contributed by atoms with van der Waals surface area (Å²) < 4.78 is 51.5. The molecule has 11 heteroatoms. The third-order valence-electron chi connectivity index (χ3n) is 4.55. The minimum Gasteiger partial charge on any atom is -0.444 e. The minimum absolute atomic E-state index is 0.145. The van der Waals surface area contributed by atoms with E-state index >= 15 is 0 Å². The standard InChI is InChI=1S/C17H25F3N4O4/c1-16(2,3)28-15(25)22-10-4-5-14(26-9-10)13-8-21-24(23-13)11-6-12(7-11)27-17(18,19)20/h8,10-12,14H,4-7,9H2,1-3H3,(H,22,25)/t10-,11?,12?,14+/m1/s1. The molecule has 0 spiro atoms. The van der Waals surface area contributed by atoms with Crippen molar-refractivity contribution in [3.8, 4) is 0 Å². The number of carbonyl (C=O) groups excluding carboxylic acids is 1. The average Bonchev–Trinajstić information content (AvgIpc) is 2.97. The fourth-order valence-corrected chi connectivity index (χ4v) is 3.20. The fraction of sp³-hybridized carbons (Fsp3) is 0.824. The Morgan fingerprint density at radius 2 is 2.00 bits per heavy atom. The minimum atomic E-state index is -4.61. The number of rotatable bonds is 4. The number of hydrogen-bond acceptors (Lipinski definition) is 6. The summed E-state index contributed by atoms with van der Waals surface area (Å²) >= 11 is 0. The molecule has 1 N–H and O–H groups in total.